The maximum atomic E-state index is 14.3. The van der Waals surface area contributed by atoms with Gasteiger partial charge < -0.3 is 34.2 Å². The van der Waals surface area contributed by atoms with Crippen molar-refractivity contribution in [3.63, 3.8) is 0 Å². The van der Waals surface area contributed by atoms with Gasteiger partial charge in [-0.05, 0) is 60.8 Å². The number of rotatable bonds is 14. The van der Waals surface area contributed by atoms with Crippen LogP contribution in [0.2, 0.25) is 5.02 Å². The molecule has 3 aromatic carbocycles. The first kappa shape index (κ1) is 38.7. The predicted octanol–water partition coefficient (Wildman–Crippen LogP) is 7.64. The average Bonchev–Trinajstić information content (AvgIpc) is 3.56. The van der Waals surface area contributed by atoms with E-state index in [2.05, 4.69) is 10.6 Å². The number of nitrogens with zero attached hydrogens (tertiary/aromatic N) is 1. The van der Waals surface area contributed by atoms with Gasteiger partial charge in [-0.3, -0.25) is 9.59 Å². The molecule has 1 aromatic heterocycles. The second kappa shape index (κ2) is 17.7. The summed E-state index contributed by atoms with van der Waals surface area (Å²) in [5, 5.41) is 6.54. The molecule has 268 valence electrons. The van der Waals surface area contributed by atoms with E-state index in [1.165, 1.54) is 6.07 Å². The normalized spacial score (nSPS) is 15.9. The fourth-order valence-corrected chi connectivity index (χ4v) is 5.92. The molecule has 2 heterocycles. The minimum Gasteiger partial charge on any atom is -0.492 e. The Morgan fingerprint density at radius 3 is 2.54 bits per heavy atom. The summed E-state index contributed by atoms with van der Waals surface area (Å²) in [6.07, 6.45) is 0.0734. The van der Waals surface area contributed by atoms with Crippen LogP contribution in [-0.2, 0) is 27.4 Å². The molecule has 5 rings (SSSR count). The van der Waals surface area contributed by atoms with Crippen molar-refractivity contribution in [2.45, 2.75) is 58.9 Å². The molecule has 1 aliphatic heterocycles. The van der Waals surface area contributed by atoms with Crippen LogP contribution < -0.4 is 25.0 Å². The van der Waals surface area contributed by atoms with Crippen LogP contribution in [0, 0.1) is 11.2 Å². The van der Waals surface area contributed by atoms with E-state index in [1.54, 1.807) is 54.7 Å². The largest absolute Gasteiger partial charge is 0.492 e. The average molecular weight is 729 g/mol. The van der Waals surface area contributed by atoms with Crippen molar-refractivity contribution < 1.29 is 32.6 Å². The monoisotopic (exact) mass is 727 g/mol. The van der Waals surface area contributed by atoms with E-state index in [0.717, 1.165) is 12.2 Å². The smallest absolute Gasteiger partial charge is 0.256 e. The van der Waals surface area contributed by atoms with E-state index in [-0.39, 0.29) is 36.7 Å². The second-order valence-electron chi connectivity index (χ2n) is 13.1. The number of ether oxygens (including phenoxy) is 3. The molecule has 0 unspecified atom stereocenters. The maximum absolute atomic E-state index is 14.3. The number of fused-ring (bicyclic) bond motifs is 1. The Balaban J connectivity index is 0.00000562. The van der Waals surface area contributed by atoms with Gasteiger partial charge in [-0.1, -0.05) is 62.7 Å². The number of methoxy groups -OCH3 is 1. The molecule has 2 N–H and O–H groups in total. The van der Waals surface area contributed by atoms with Gasteiger partial charge in [0.2, 0.25) is 5.91 Å². The van der Waals surface area contributed by atoms with Gasteiger partial charge in [0.25, 0.3) is 5.91 Å². The Hall–Kier alpha value is -4.09. The molecule has 0 bridgehead atoms. The molecule has 0 aliphatic carbocycles. The molecule has 2 atom stereocenters. The SMILES string of the molecule is COc1c(OCCCNCc2ccco2)cccc1[C@@H]1O[C@@H](CC(=O)NCc2ccccc2F)C(=O)N(CC(C)(C)C)c2ccc(Cl)cc21.Cl. The van der Waals surface area contributed by atoms with Crippen LogP contribution in [0.25, 0.3) is 0 Å². The van der Waals surface area contributed by atoms with Crippen LogP contribution in [0.5, 0.6) is 11.5 Å². The lowest BCUT2D eigenvalue weighted by Crippen LogP contribution is -2.45. The zero-order valence-corrected chi connectivity index (χ0v) is 30.2. The third-order valence-electron chi connectivity index (χ3n) is 7.97. The number of benzene rings is 3. The summed E-state index contributed by atoms with van der Waals surface area (Å²) < 4.78 is 38.3. The molecule has 0 radical (unpaired) electrons. The number of amides is 2. The predicted molar refractivity (Wildman–Crippen MR) is 194 cm³/mol. The zero-order chi connectivity index (χ0) is 35.0. The number of anilines is 1. The Labute approximate surface area is 303 Å². The minimum atomic E-state index is -1.17. The Morgan fingerprint density at radius 2 is 1.82 bits per heavy atom. The fraction of sp³-hybridized carbons (Fsp3) is 0.368. The second-order valence-corrected chi connectivity index (χ2v) is 13.5. The van der Waals surface area contributed by atoms with Crippen molar-refractivity contribution in [2.75, 3.05) is 31.7 Å². The van der Waals surface area contributed by atoms with Crippen molar-refractivity contribution in [3.8, 4) is 11.5 Å². The molecule has 0 spiro atoms. The molecular formula is C38H44Cl2FN3O6. The van der Waals surface area contributed by atoms with Gasteiger partial charge in [0.1, 0.15) is 23.8 Å². The number of carbonyl (C=O) groups is 2. The molecule has 1 aliphatic rings. The summed E-state index contributed by atoms with van der Waals surface area (Å²) in [7, 11) is 1.55. The fourth-order valence-electron chi connectivity index (χ4n) is 5.73. The first-order chi connectivity index (χ1) is 23.5. The van der Waals surface area contributed by atoms with Gasteiger partial charge in [0, 0.05) is 40.5 Å². The van der Waals surface area contributed by atoms with Crippen molar-refractivity contribution in [1.82, 2.24) is 10.6 Å². The topological polar surface area (TPSA) is 102 Å². The van der Waals surface area contributed by atoms with Crippen LogP contribution >= 0.6 is 24.0 Å². The third kappa shape index (κ3) is 10.0. The zero-order valence-electron chi connectivity index (χ0n) is 28.7. The summed E-state index contributed by atoms with van der Waals surface area (Å²) in [5.41, 5.74) is 1.94. The molecule has 0 saturated heterocycles. The van der Waals surface area contributed by atoms with Gasteiger partial charge in [-0.15, -0.1) is 12.4 Å². The molecule has 2 amide bonds. The van der Waals surface area contributed by atoms with Crippen LogP contribution in [0.3, 0.4) is 0 Å². The Kier molecular flexibility index (Phi) is 13.7. The molecule has 0 fully saturated rings. The van der Waals surface area contributed by atoms with Crippen molar-refractivity contribution >= 4 is 41.5 Å². The summed E-state index contributed by atoms with van der Waals surface area (Å²) in [4.78, 5) is 29.3. The van der Waals surface area contributed by atoms with Crippen LogP contribution in [0.4, 0.5) is 10.1 Å². The highest BCUT2D eigenvalue weighted by Crippen LogP contribution is 2.45. The lowest BCUT2D eigenvalue weighted by molar-refractivity contribution is -0.138. The molecule has 12 heteroatoms. The van der Waals surface area contributed by atoms with Gasteiger partial charge >= 0.3 is 0 Å². The Bertz CT molecular complexity index is 1730. The summed E-state index contributed by atoms with van der Waals surface area (Å²) in [5.74, 6) is 0.577. The van der Waals surface area contributed by atoms with Crippen molar-refractivity contribution in [2.24, 2.45) is 5.41 Å². The van der Waals surface area contributed by atoms with Gasteiger partial charge in [0.15, 0.2) is 11.5 Å². The molecule has 50 heavy (non-hydrogen) atoms. The van der Waals surface area contributed by atoms with Gasteiger partial charge in [-0.25, -0.2) is 4.39 Å². The van der Waals surface area contributed by atoms with Crippen LogP contribution in [0.1, 0.15) is 62.2 Å². The highest BCUT2D eigenvalue weighted by molar-refractivity contribution is 6.30. The highest BCUT2D eigenvalue weighted by atomic mass is 35.5. The van der Waals surface area contributed by atoms with E-state index in [1.807, 2.05) is 51.1 Å². The lowest BCUT2D eigenvalue weighted by atomic mass is 9.94. The summed E-state index contributed by atoms with van der Waals surface area (Å²) >= 11 is 6.56. The number of hydrogen-bond acceptors (Lipinski definition) is 7. The molecular weight excluding hydrogens is 684 g/mol. The number of carbonyl (C=O) groups excluding carboxylic acids is 2. The van der Waals surface area contributed by atoms with E-state index >= 15 is 0 Å². The number of hydrogen-bond donors (Lipinski definition) is 2. The third-order valence-corrected chi connectivity index (χ3v) is 8.21. The van der Waals surface area contributed by atoms with E-state index in [0.29, 0.717) is 65.1 Å². The van der Waals surface area contributed by atoms with Crippen LogP contribution in [-0.4, -0.2) is 44.7 Å². The Morgan fingerprint density at radius 1 is 1.02 bits per heavy atom. The van der Waals surface area contributed by atoms with Crippen LogP contribution in [0.15, 0.2) is 83.5 Å². The van der Waals surface area contributed by atoms with E-state index < -0.39 is 23.9 Å². The quantitative estimate of drug-likeness (QED) is 0.129. The summed E-state index contributed by atoms with van der Waals surface area (Å²) in [6.45, 7) is 8.19. The molecule has 0 saturated carbocycles. The number of halogens is 3. The first-order valence-corrected chi connectivity index (χ1v) is 16.7. The molecule has 4 aromatic rings. The number of nitrogens with one attached hydrogen (secondary N) is 2. The molecule has 9 nitrogen and oxygen atoms in total. The lowest BCUT2D eigenvalue weighted by Gasteiger charge is -2.31. The number of para-hydroxylation sites is 1. The van der Waals surface area contributed by atoms with Crippen molar-refractivity contribution in [3.05, 3.63) is 112 Å². The van der Waals surface area contributed by atoms with E-state index in [4.69, 9.17) is 30.2 Å². The number of furan rings is 1. The van der Waals surface area contributed by atoms with E-state index in [9.17, 15) is 14.0 Å². The first-order valence-electron chi connectivity index (χ1n) is 16.3. The minimum absolute atomic E-state index is 0. The van der Waals surface area contributed by atoms with Crippen molar-refractivity contribution in [1.29, 1.82) is 0 Å². The standard InChI is InChI=1S/C38H43ClFN3O6.ClH/c1-38(2,3)24-43-31-16-15-26(39)20-29(31)35(49-33(37(43)45)21-34(44)42-22-25-10-5-6-13-30(25)40)28-12-7-14-32(36(28)46-4)48-19-9-17-41-23-27-11-8-18-47-27;/h5-8,10-16,18,20,33,35,41H,9,17,19,21-24H2,1-4H3,(H,42,44);1H/t33-,35-;/m0./s1. The highest BCUT2D eigenvalue weighted by Gasteiger charge is 2.40. The van der Waals surface area contributed by atoms with Gasteiger partial charge in [-0.2, -0.15) is 0 Å². The summed E-state index contributed by atoms with van der Waals surface area (Å²) in [6, 6.07) is 20.8. The van der Waals surface area contributed by atoms with Gasteiger partial charge in [0.05, 0.1) is 32.9 Å². The maximum Gasteiger partial charge on any atom is 0.256 e.